The Morgan fingerprint density at radius 3 is 2.32 bits per heavy atom. The summed E-state index contributed by atoms with van der Waals surface area (Å²) in [5, 5.41) is 3.29. The van der Waals surface area contributed by atoms with Gasteiger partial charge in [0.15, 0.2) is 0 Å². The average molecular weight is 337 g/mol. The van der Waals surface area contributed by atoms with Crippen molar-refractivity contribution in [1.82, 2.24) is 9.91 Å². The summed E-state index contributed by atoms with van der Waals surface area (Å²) in [5.41, 5.74) is 0.722. The van der Waals surface area contributed by atoms with Crippen LogP contribution >= 0.6 is 0 Å². The van der Waals surface area contributed by atoms with Crippen molar-refractivity contribution < 1.29 is 17.8 Å². The third-order valence-electron chi connectivity index (χ3n) is 3.67. The van der Waals surface area contributed by atoms with E-state index >= 15 is 0 Å². The Balaban J connectivity index is 0.00000242. The molecule has 22 heavy (non-hydrogen) atoms. The normalized spacial score (nSPS) is 23.0. The summed E-state index contributed by atoms with van der Waals surface area (Å²) in [6, 6.07) is 8.28. The van der Waals surface area contributed by atoms with Gasteiger partial charge in [0.2, 0.25) is 0 Å². The molecule has 1 aromatic carbocycles. The molecule has 1 aliphatic heterocycles. The Bertz CT molecular complexity index is 625. The molecular formula is C13H20N3NaO4S. The van der Waals surface area contributed by atoms with Crippen molar-refractivity contribution >= 4 is 51.3 Å². The van der Waals surface area contributed by atoms with Crippen molar-refractivity contribution in [3.63, 3.8) is 0 Å². The number of carbonyl (C=O) groups is 1. The molecule has 0 aliphatic carbocycles. The number of hydrazine groups is 1. The van der Waals surface area contributed by atoms with Crippen LogP contribution < -0.4 is 5.01 Å². The second-order valence-corrected chi connectivity index (χ2v) is 6.63. The van der Waals surface area contributed by atoms with Crippen molar-refractivity contribution in [3.8, 4) is 0 Å². The zero-order valence-electron chi connectivity index (χ0n) is 12.2. The van der Waals surface area contributed by atoms with Gasteiger partial charge in [0.25, 0.3) is 16.0 Å². The molecule has 1 saturated heterocycles. The Morgan fingerprint density at radius 1 is 1.27 bits per heavy atom. The van der Waals surface area contributed by atoms with Crippen LogP contribution in [0.25, 0.3) is 0 Å². The Labute approximate surface area is 152 Å². The van der Waals surface area contributed by atoms with E-state index in [0.29, 0.717) is 0 Å². The van der Waals surface area contributed by atoms with Gasteiger partial charge in [-0.1, -0.05) is 18.2 Å². The molecule has 0 bridgehead atoms. The predicted molar refractivity (Wildman–Crippen MR) is 86.3 cm³/mol. The molecule has 118 valence electrons. The molecule has 1 amide bonds. The summed E-state index contributed by atoms with van der Waals surface area (Å²) in [7, 11) is -0.887. The van der Waals surface area contributed by atoms with Crippen LogP contribution in [0.15, 0.2) is 30.3 Å². The second-order valence-electron chi connectivity index (χ2n) is 5.21. The molecule has 2 unspecified atom stereocenters. The van der Waals surface area contributed by atoms with Crippen molar-refractivity contribution in [2.45, 2.75) is 19.0 Å². The minimum atomic E-state index is -4.17. The Hall–Kier alpha value is -0.480. The van der Waals surface area contributed by atoms with E-state index in [1.165, 1.54) is 17.0 Å². The number of rotatable bonds is 4. The van der Waals surface area contributed by atoms with Crippen LogP contribution in [0.5, 0.6) is 0 Å². The van der Waals surface area contributed by atoms with Crippen LogP contribution in [-0.2, 0) is 14.9 Å². The summed E-state index contributed by atoms with van der Waals surface area (Å²) in [6.45, 7) is 1.84. The van der Waals surface area contributed by atoms with Gasteiger partial charge < -0.3 is 0 Å². The molecule has 1 N–H and O–H groups in total. The second kappa shape index (κ2) is 7.39. The molecule has 9 heteroatoms. The molecule has 2 atom stereocenters. The fourth-order valence-corrected chi connectivity index (χ4v) is 3.32. The van der Waals surface area contributed by atoms with Crippen LogP contribution in [0.1, 0.15) is 6.92 Å². The van der Waals surface area contributed by atoms with Crippen LogP contribution in [0.3, 0.4) is 0 Å². The third kappa shape index (κ3) is 4.08. The van der Waals surface area contributed by atoms with E-state index in [1.54, 1.807) is 12.1 Å². The molecule has 0 aromatic heterocycles. The molecule has 0 spiro atoms. The standard InChI is InChI=1S/C13H19N3O4S.Na.H/c1-10-12(14(2)9-21(18,19)20)13(17)16(15(10)3)11-7-5-4-6-8-11;;/h4-8,10,12H,9H2,1-3H3,(H,18,19,20);;. The molecule has 0 saturated carbocycles. The first-order valence-electron chi connectivity index (χ1n) is 6.49. The van der Waals surface area contributed by atoms with E-state index in [4.69, 9.17) is 4.55 Å². The number of anilines is 1. The van der Waals surface area contributed by atoms with Gasteiger partial charge in [0.1, 0.15) is 11.9 Å². The van der Waals surface area contributed by atoms with E-state index in [2.05, 4.69) is 0 Å². The number of hydrogen-bond acceptors (Lipinski definition) is 5. The first-order chi connectivity index (χ1) is 9.72. The summed E-state index contributed by atoms with van der Waals surface area (Å²) in [4.78, 5) is 14.0. The van der Waals surface area contributed by atoms with Crippen LogP contribution in [-0.4, -0.2) is 90.4 Å². The van der Waals surface area contributed by atoms with Crippen LogP contribution in [0, 0.1) is 0 Å². The van der Waals surface area contributed by atoms with Gasteiger partial charge in [-0.25, -0.2) is 10.0 Å². The summed E-state index contributed by atoms with van der Waals surface area (Å²) >= 11 is 0. The summed E-state index contributed by atoms with van der Waals surface area (Å²) < 4.78 is 31.0. The number of para-hydroxylation sites is 1. The minimum absolute atomic E-state index is 0. The summed E-state index contributed by atoms with van der Waals surface area (Å²) in [5.74, 6) is -0.799. The number of likely N-dealkylation sites (N-methyl/N-ethyl adjacent to an activating group) is 2. The molecule has 0 radical (unpaired) electrons. The van der Waals surface area contributed by atoms with Crippen LogP contribution in [0.4, 0.5) is 5.69 Å². The maximum absolute atomic E-state index is 12.6. The van der Waals surface area contributed by atoms with E-state index in [0.717, 1.165) is 5.69 Å². The van der Waals surface area contributed by atoms with Gasteiger partial charge in [0.05, 0.1) is 11.7 Å². The predicted octanol–water partition coefficient (Wildman–Crippen LogP) is -0.234. The molecule has 7 nitrogen and oxygen atoms in total. The third-order valence-corrected chi connectivity index (χ3v) is 4.40. The van der Waals surface area contributed by atoms with E-state index in [-0.39, 0.29) is 41.5 Å². The van der Waals surface area contributed by atoms with Gasteiger partial charge in [0, 0.05) is 7.05 Å². The van der Waals surface area contributed by atoms with E-state index < -0.39 is 22.0 Å². The first kappa shape index (κ1) is 19.6. The van der Waals surface area contributed by atoms with Gasteiger partial charge in [-0.3, -0.25) is 14.2 Å². The summed E-state index contributed by atoms with van der Waals surface area (Å²) in [6.07, 6.45) is 0. The number of benzene rings is 1. The molecule has 2 rings (SSSR count). The van der Waals surface area contributed by atoms with E-state index in [1.807, 2.05) is 37.3 Å². The van der Waals surface area contributed by atoms with Gasteiger partial charge in [-0.2, -0.15) is 8.42 Å². The SMILES string of the molecule is CC1C(N(C)CS(=O)(=O)O)C(=O)N(c2ccccc2)N1C.[NaH]. The number of carbonyl (C=O) groups excluding carboxylic acids is 1. The van der Waals surface area contributed by atoms with Gasteiger partial charge >= 0.3 is 29.6 Å². The fraction of sp³-hybridized carbons (Fsp3) is 0.462. The molecule has 1 aromatic rings. The van der Waals surface area contributed by atoms with E-state index in [9.17, 15) is 13.2 Å². The molecular weight excluding hydrogens is 317 g/mol. The van der Waals surface area contributed by atoms with Gasteiger partial charge in [-0.15, -0.1) is 0 Å². The quantitative estimate of drug-likeness (QED) is 0.604. The van der Waals surface area contributed by atoms with Crippen molar-refractivity contribution in [3.05, 3.63) is 30.3 Å². The maximum atomic E-state index is 12.6. The Morgan fingerprint density at radius 2 is 1.82 bits per heavy atom. The molecule has 1 heterocycles. The first-order valence-corrected chi connectivity index (χ1v) is 8.10. The number of nitrogens with zero attached hydrogens (tertiary/aromatic N) is 3. The van der Waals surface area contributed by atoms with Crippen LogP contribution in [0.2, 0.25) is 0 Å². The van der Waals surface area contributed by atoms with Crippen molar-refractivity contribution in [2.75, 3.05) is 25.0 Å². The van der Waals surface area contributed by atoms with Crippen molar-refractivity contribution in [1.29, 1.82) is 0 Å². The average Bonchev–Trinajstić information content (AvgIpc) is 2.59. The molecule has 1 aliphatic rings. The monoisotopic (exact) mass is 337 g/mol. The number of amides is 1. The Kier molecular flexibility index (Phi) is 6.58. The fourth-order valence-electron chi connectivity index (χ4n) is 2.65. The topological polar surface area (TPSA) is 81.2 Å². The zero-order valence-corrected chi connectivity index (χ0v) is 13.0. The zero-order chi connectivity index (χ0) is 15.8. The number of hydrogen-bond donors (Lipinski definition) is 1. The van der Waals surface area contributed by atoms with Gasteiger partial charge in [-0.05, 0) is 26.1 Å². The van der Waals surface area contributed by atoms with Crippen molar-refractivity contribution in [2.24, 2.45) is 0 Å². The molecule has 1 fully saturated rings.